The Kier molecular flexibility index (Phi) is 5.29. The van der Waals surface area contributed by atoms with Gasteiger partial charge < -0.3 is 4.98 Å². The number of hydrogen-bond acceptors (Lipinski definition) is 3. The summed E-state index contributed by atoms with van der Waals surface area (Å²) in [6.45, 7) is 1.98. The Morgan fingerprint density at radius 1 is 1.15 bits per heavy atom. The number of carbonyl (C=O) groups is 1. The van der Waals surface area contributed by atoms with Crippen LogP contribution in [-0.2, 0) is 4.79 Å². The molecule has 0 saturated carbocycles. The number of halogens is 1. The van der Waals surface area contributed by atoms with Crippen molar-refractivity contribution in [3.05, 3.63) is 86.7 Å². The Balaban J connectivity index is 1.69. The smallest absolute Gasteiger partial charge is 0.264 e. The number of hydrogen-bond donors (Lipinski definition) is 2. The van der Waals surface area contributed by atoms with Gasteiger partial charge in [-0.15, -0.1) is 0 Å². The second-order valence-corrected chi connectivity index (χ2v) is 6.20. The van der Waals surface area contributed by atoms with E-state index in [1.165, 1.54) is 12.3 Å². The third kappa shape index (κ3) is 4.46. The lowest BCUT2D eigenvalue weighted by Gasteiger charge is -2.01. The second-order valence-electron chi connectivity index (χ2n) is 5.76. The average molecular weight is 366 g/mol. The summed E-state index contributed by atoms with van der Waals surface area (Å²) in [4.78, 5) is 26.6. The van der Waals surface area contributed by atoms with Crippen molar-refractivity contribution in [3.63, 3.8) is 0 Å². The molecule has 0 bridgehead atoms. The molecule has 0 spiro atoms. The van der Waals surface area contributed by atoms with Gasteiger partial charge in [0, 0.05) is 16.6 Å². The normalized spacial score (nSPS) is 11.5. The monoisotopic (exact) mass is 365 g/mol. The molecule has 5 nitrogen and oxygen atoms in total. The van der Waals surface area contributed by atoms with Crippen molar-refractivity contribution in [1.29, 1.82) is 0 Å². The van der Waals surface area contributed by atoms with Crippen molar-refractivity contribution in [2.75, 3.05) is 0 Å². The van der Waals surface area contributed by atoms with Gasteiger partial charge in [-0.1, -0.05) is 35.4 Å². The molecule has 0 radical (unpaired) electrons. The summed E-state index contributed by atoms with van der Waals surface area (Å²) in [6, 6.07) is 14.6. The Hall–Kier alpha value is -3.18. The van der Waals surface area contributed by atoms with Crippen LogP contribution < -0.4 is 11.0 Å². The molecular formula is C20H16ClN3O2. The standard InChI is InChI=1S/C20H16ClN3O2/c1-13-2-8-18-15(10-13)11-16(20(26)23-18)12-22-24-19(25)9-5-14-3-6-17(21)7-4-14/h2-12H,1H3,(H,23,26)(H,24,25)/b9-5+,22-12-. The van der Waals surface area contributed by atoms with Crippen LogP contribution in [0.3, 0.4) is 0 Å². The number of nitrogens with zero attached hydrogens (tertiary/aromatic N) is 1. The SMILES string of the molecule is Cc1ccc2[nH]c(=O)c(/C=N\NC(=O)/C=C/c3ccc(Cl)cc3)cc2c1. The summed E-state index contributed by atoms with van der Waals surface area (Å²) < 4.78 is 0. The number of H-pyrrole nitrogens is 1. The van der Waals surface area contributed by atoms with Crippen LogP contribution in [0.15, 0.2) is 64.5 Å². The van der Waals surface area contributed by atoms with Gasteiger partial charge in [0.15, 0.2) is 0 Å². The van der Waals surface area contributed by atoms with Crippen molar-refractivity contribution in [3.8, 4) is 0 Å². The summed E-state index contributed by atoms with van der Waals surface area (Å²) in [5.41, 5.74) is 5.15. The lowest BCUT2D eigenvalue weighted by atomic mass is 10.1. The van der Waals surface area contributed by atoms with E-state index in [4.69, 9.17) is 11.6 Å². The van der Waals surface area contributed by atoms with E-state index in [0.717, 1.165) is 22.0 Å². The van der Waals surface area contributed by atoms with Crippen molar-refractivity contribution in [2.24, 2.45) is 5.10 Å². The summed E-state index contributed by atoms with van der Waals surface area (Å²) in [6.07, 6.45) is 4.33. The molecule has 1 aromatic heterocycles. The third-order valence-corrected chi connectivity index (χ3v) is 3.96. The molecule has 2 N–H and O–H groups in total. The fourth-order valence-electron chi connectivity index (χ4n) is 2.39. The van der Waals surface area contributed by atoms with Crippen molar-refractivity contribution < 1.29 is 4.79 Å². The van der Waals surface area contributed by atoms with E-state index in [1.807, 2.05) is 25.1 Å². The molecule has 3 aromatic rings. The van der Waals surface area contributed by atoms with E-state index in [0.29, 0.717) is 10.6 Å². The first kappa shape index (κ1) is 17.6. The Bertz CT molecular complexity index is 1070. The van der Waals surface area contributed by atoms with Gasteiger partial charge in [-0.05, 0) is 54.3 Å². The molecule has 130 valence electrons. The van der Waals surface area contributed by atoms with E-state index >= 15 is 0 Å². The molecule has 0 saturated heterocycles. The first-order valence-corrected chi connectivity index (χ1v) is 8.29. The first-order chi connectivity index (χ1) is 12.5. The molecule has 26 heavy (non-hydrogen) atoms. The second kappa shape index (κ2) is 7.80. The Morgan fingerprint density at radius 3 is 2.69 bits per heavy atom. The van der Waals surface area contributed by atoms with Crippen LogP contribution in [0.2, 0.25) is 5.02 Å². The quantitative estimate of drug-likeness (QED) is 0.420. The van der Waals surface area contributed by atoms with Gasteiger partial charge in [-0.3, -0.25) is 9.59 Å². The van der Waals surface area contributed by atoms with E-state index < -0.39 is 5.91 Å². The molecule has 0 aliphatic heterocycles. The van der Waals surface area contributed by atoms with Crippen LogP contribution in [0.5, 0.6) is 0 Å². The molecule has 0 unspecified atom stereocenters. The predicted molar refractivity (Wildman–Crippen MR) is 106 cm³/mol. The number of nitrogens with one attached hydrogen (secondary N) is 2. The molecule has 2 aromatic carbocycles. The lowest BCUT2D eigenvalue weighted by molar-refractivity contribution is -0.116. The van der Waals surface area contributed by atoms with Crippen LogP contribution in [0.25, 0.3) is 17.0 Å². The Morgan fingerprint density at radius 2 is 1.92 bits per heavy atom. The number of hydrazone groups is 1. The van der Waals surface area contributed by atoms with Gasteiger partial charge in [0.05, 0.1) is 11.8 Å². The van der Waals surface area contributed by atoms with E-state index in [2.05, 4.69) is 15.5 Å². The van der Waals surface area contributed by atoms with E-state index in [1.54, 1.807) is 36.4 Å². The maximum Gasteiger partial charge on any atom is 0.264 e. The number of carbonyl (C=O) groups excluding carboxylic acids is 1. The van der Waals surface area contributed by atoms with Crippen molar-refractivity contribution in [2.45, 2.75) is 6.92 Å². The lowest BCUT2D eigenvalue weighted by Crippen LogP contribution is -2.17. The van der Waals surface area contributed by atoms with Gasteiger partial charge >= 0.3 is 0 Å². The highest BCUT2D eigenvalue weighted by atomic mass is 35.5. The summed E-state index contributed by atoms with van der Waals surface area (Å²) in [5, 5.41) is 5.38. The summed E-state index contributed by atoms with van der Waals surface area (Å²) >= 11 is 5.81. The fraction of sp³-hybridized carbons (Fsp3) is 0.0500. The zero-order chi connectivity index (χ0) is 18.5. The molecule has 6 heteroatoms. The van der Waals surface area contributed by atoms with Gasteiger partial charge in [-0.25, -0.2) is 5.43 Å². The third-order valence-electron chi connectivity index (χ3n) is 3.70. The average Bonchev–Trinajstić information content (AvgIpc) is 2.62. The van der Waals surface area contributed by atoms with Gasteiger partial charge in [0.2, 0.25) is 0 Å². The molecule has 1 heterocycles. The maximum atomic E-state index is 12.0. The number of pyridine rings is 1. The highest BCUT2D eigenvalue weighted by Crippen LogP contribution is 2.12. The van der Waals surface area contributed by atoms with Crippen LogP contribution >= 0.6 is 11.6 Å². The van der Waals surface area contributed by atoms with Gasteiger partial charge in [-0.2, -0.15) is 5.10 Å². The zero-order valence-corrected chi connectivity index (χ0v) is 14.7. The predicted octanol–water partition coefficient (Wildman–Crippen LogP) is 3.65. The van der Waals surface area contributed by atoms with E-state index in [-0.39, 0.29) is 5.56 Å². The summed E-state index contributed by atoms with van der Waals surface area (Å²) in [5.74, 6) is -0.399. The van der Waals surface area contributed by atoms with Gasteiger partial charge in [0.1, 0.15) is 0 Å². The van der Waals surface area contributed by atoms with Crippen molar-refractivity contribution >= 4 is 40.7 Å². The van der Waals surface area contributed by atoms with Gasteiger partial charge in [0.25, 0.3) is 11.5 Å². The highest BCUT2D eigenvalue weighted by Gasteiger charge is 2.01. The van der Waals surface area contributed by atoms with E-state index in [9.17, 15) is 9.59 Å². The molecule has 3 rings (SSSR count). The number of aryl methyl sites for hydroxylation is 1. The summed E-state index contributed by atoms with van der Waals surface area (Å²) in [7, 11) is 0. The number of aromatic nitrogens is 1. The topological polar surface area (TPSA) is 74.3 Å². The molecule has 0 atom stereocenters. The van der Waals surface area contributed by atoms with Crippen LogP contribution in [0.1, 0.15) is 16.7 Å². The number of aromatic amines is 1. The zero-order valence-electron chi connectivity index (χ0n) is 14.0. The van der Waals surface area contributed by atoms with Crippen molar-refractivity contribution in [1.82, 2.24) is 10.4 Å². The fourth-order valence-corrected chi connectivity index (χ4v) is 2.51. The van der Waals surface area contributed by atoms with Crippen LogP contribution in [0.4, 0.5) is 0 Å². The number of amides is 1. The minimum absolute atomic E-state index is 0.268. The molecular weight excluding hydrogens is 350 g/mol. The number of rotatable bonds is 4. The first-order valence-electron chi connectivity index (χ1n) is 7.92. The largest absolute Gasteiger partial charge is 0.321 e. The molecule has 0 aliphatic carbocycles. The minimum Gasteiger partial charge on any atom is -0.321 e. The highest BCUT2D eigenvalue weighted by molar-refractivity contribution is 6.30. The minimum atomic E-state index is -0.399. The molecule has 1 amide bonds. The molecule has 0 aliphatic rings. The maximum absolute atomic E-state index is 12.0. The Labute approximate surface area is 155 Å². The molecule has 0 fully saturated rings. The number of fused-ring (bicyclic) bond motifs is 1. The van der Waals surface area contributed by atoms with Crippen LogP contribution in [0, 0.1) is 6.92 Å². The van der Waals surface area contributed by atoms with Crippen LogP contribution in [-0.4, -0.2) is 17.1 Å². The number of benzene rings is 2.